The average Bonchev–Trinajstić information content (AvgIpc) is 2.78. The smallest absolute Gasteiger partial charge is 0.309 e. The zero-order chi connectivity index (χ0) is 23.4. The topological polar surface area (TPSA) is 102 Å². The van der Waals surface area contributed by atoms with Crippen molar-refractivity contribution in [3.05, 3.63) is 24.3 Å². The SMILES string of the molecule is CC(C)(C)C1CCC(C(=O)OCC(=O)Nc2cccc(S(=O)(=O)N3CCOCC3)c2)CC1. The van der Waals surface area contributed by atoms with Crippen LogP contribution in [0.4, 0.5) is 5.69 Å². The lowest BCUT2D eigenvalue weighted by atomic mass is 9.70. The van der Waals surface area contributed by atoms with Gasteiger partial charge < -0.3 is 14.8 Å². The van der Waals surface area contributed by atoms with Crippen LogP contribution in [0.1, 0.15) is 46.5 Å². The fourth-order valence-electron chi connectivity index (χ4n) is 4.32. The Bertz CT molecular complexity index is 911. The molecule has 0 spiro atoms. The maximum atomic E-state index is 12.8. The third-order valence-electron chi connectivity index (χ3n) is 6.36. The highest BCUT2D eigenvalue weighted by atomic mass is 32.2. The number of hydrogen-bond donors (Lipinski definition) is 1. The molecule has 0 bridgehead atoms. The Balaban J connectivity index is 1.50. The van der Waals surface area contributed by atoms with E-state index in [0.29, 0.717) is 37.9 Å². The van der Waals surface area contributed by atoms with E-state index in [1.54, 1.807) is 12.1 Å². The molecule has 2 fully saturated rings. The monoisotopic (exact) mass is 466 g/mol. The van der Waals surface area contributed by atoms with Crippen molar-refractivity contribution in [2.45, 2.75) is 51.3 Å². The zero-order valence-corrected chi connectivity index (χ0v) is 19.9. The van der Waals surface area contributed by atoms with E-state index in [9.17, 15) is 18.0 Å². The van der Waals surface area contributed by atoms with Crippen LogP contribution in [-0.4, -0.2) is 57.5 Å². The van der Waals surface area contributed by atoms with Gasteiger partial charge >= 0.3 is 5.97 Å². The molecule has 0 radical (unpaired) electrons. The fourth-order valence-corrected chi connectivity index (χ4v) is 5.77. The molecule has 8 nitrogen and oxygen atoms in total. The minimum absolute atomic E-state index is 0.102. The van der Waals surface area contributed by atoms with Gasteiger partial charge in [-0.15, -0.1) is 0 Å². The highest BCUT2D eigenvalue weighted by molar-refractivity contribution is 7.89. The lowest BCUT2D eigenvalue weighted by Crippen LogP contribution is -2.40. The van der Waals surface area contributed by atoms with Gasteiger partial charge in [0.05, 0.1) is 24.0 Å². The van der Waals surface area contributed by atoms with Gasteiger partial charge in [-0.05, 0) is 55.2 Å². The van der Waals surface area contributed by atoms with Gasteiger partial charge in [0.2, 0.25) is 10.0 Å². The molecule has 1 aliphatic carbocycles. The van der Waals surface area contributed by atoms with Gasteiger partial charge in [-0.25, -0.2) is 8.42 Å². The summed E-state index contributed by atoms with van der Waals surface area (Å²) in [6.45, 7) is 7.60. The van der Waals surface area contributed by atoms with E-state index < -0.39 is 22.5 Å². The fraction of sp³-hybridized carbons (Fsp3) is 0.652. The molecule has 1 aromatic carbocycles. The number of morpholine rings is 1. The molecule has 178 valence electrons. The standard InChI is InChI=1S/C23H34N2O6S/c1-23(2,3)18-9-7-17(8-10-18)22(27)31-16-21(26)24-19-5-4-6-20(15-19)32(28,29)25-11-13-30-14-12-25/h4-6,15,17-18H,7-14,16H2,1-3H3,(H,24,26). The second kappa shape index (κ2) is 10.3. The van der Waals surface area contributed by atoms with Crippen LogP contribution in [0.25, 0.3) is 0 Å². The van der Waals surface area contributed by atoms with Gasteiger partial charge in [-0.3, -0.25) is 9.59 Å². The van der Waals surface area contributed by atoms with Crippen molar-refractivity contribution in [2.75, 3.05) is 38.2 Å². The van der Waals surface area contributed by atoms with E-state index in [2.05, 4.69) is 26.1 Å². The van der Waals surface area contributed by atoms with Gasteiger partial charge in [0.25, 0.3) is 5.91 Å². The van der Waals surface area contributed by atoms with Gasteiger partial charge in [-0.1, -0.05) is 26.8 Å². The van der Waals surface area contributed by atoms with Crippen LogP contribution in [0.2, 0.25) is 0 Å². The first kappa shape index (κ1) is 24.7. The zero-order valence-electron chi connectivity index (χ0n) is 19.1. The van der Waals surface area contributed by atoms with Crippen molar-refractivity contribution in [1.82, 2.24) is 4.31 Å². The summed E-state index contributed by atoms with van der Waals surface area (Å²) in [6.07, 6.45) is 3.54. The summed E-state index contributed by atoms with van der Waals surface area (Å²) in [5.74, 6) is -0.405. The van der Waals surface area contributed by atoms with Gasteiger partial charge in [0.1, 0.15) is 0 Å². The van der Waals surface area contributed by atoms with Crippen LogP contribution in [0.5, 0.6) is 0 Å². The number of nitrogens with one attached hydrogen (secondary N) is 1. The molecule has 0 unspecified atom stereocenters. The number of carbonyl (C=O) groups is 2. The molecule has 1 amide bonds. The summed E-state index contributed by atoms with van der Waals surface area (Å²) in [6, 6.07) is 6.08. The summed E-state index contributed by atoms with van der Waals surface area (Å²) >= 11 is 0. The molecule has 1 saturated heterocycles. The van der Waals surface area contributed by atoms with E-state index in [0.717, 1.165) is 25.7 Å². The Morgan fingerprint density at radius 2 is 1.78 bits per heavy atom. The predicted octanol–water partition coefficient (Wildman–Crippen LogP) is 3.04. The third kappa shape index (κ3) is 6.30. The van der Waals surface area contributed by atoms with E-state index in [-0.39, 0.29) is 22.2 Å². The summed E-state index contributed by atoms with van der Waals surface area (Å²) in [5, 5.41) is 2.62. The van der Waals surface area contributed by atoms with E-state index in [1.807, 2.05) is 0 Å². The van der Waals surface area contributed by atoms with Crippen LogP contribution in [0.3, 0.4) is 0 Å². The molecule has 9 heteroatoms. The predicted molar refractivity (Wildman–Crippen MR) is 121 cm³/mol. The first-order valence-corrected chi connectivity index (χ1v) is 12.7. The second-order valence-corrected chi connectivity index (χ2v) is 11.6. The molecule has 0 atom stereocenters. The molecule has 2 aliphatic rings. The molecule has 0 aromatic heterocycles. The third-order valence-corrected chi connectivity index (χ3v) is 8.25. The van der Waals surface area contributed by atoms with Crippen LogP contribution in [0.15, 0.2) is 29.2 Å². The number of carbonyl (C=O) groups excluding carboxylic acids is 2. The average molecular weight is 467 g/mol. The van der Waals surface area contributed by atoms with Crippen molar-refractivity contribution in [1.29, 1.82) is 0 Å². The van der Waals surface area contributed by atoms with Crippen molar-refractivity contribution >= 4 is 27.6 Å². The minimum atomic E-state index is -3.66. The van der Waals surface area contributed by atoms with Crippen LogP contribution < -0.4 is 5.32 Å². The molecule has 1 N–H and O–H groups in total. The molecule has 1 aliphatic heterocycles. The number of esters is 1. The Morgan fingerprint density at radius 1 is 1.12 bits per heavy atom. The Morgan fingerprint density at radius 3 is 2.41 bits per heavy atom. The van der Waals surface area contributed by atoms with Gasteiger partial charge in [0.15, 0.2) is 6.61 Å². The lowest BCUT2D eigenvalue weighted by molar-refractivity contribution is -0.153. The van der Waals surface area contributed by atoms with Crippen molar-refractivity contribution in [3.63, 3.8) is 0 Å². The molecular formula is C23H34N2O6S. The number of nitrogens with zero attached hydrogens (tertiary/aromatic N) is 1. The van der Waals surface area contributed by atoms with Gasteiger partial charge in [-0.2, -0.15) is 4.31 Å². The number of ether oxygens (including phenoxy) is 2. The maximum Gasteiger partial charge on any atom is 0.309 e. The first-order valence-electron chi connectivity index (χ1n) is 11.2. The Labute approximate surface area is 190 Å². The van der Waals surface area contributed by atoms with Crippen LogP contribution in [0, 0.1) is 17.3 Å². The number of rotatable bonds is 6. The lowest BCUT2D eigenvalue weighted by Gasteiger charge is -2.36. The highest BCUT2D eigenvalue weighted by Gasteiger charge is 2.33. The quantitative estimate of drug-likeness (QED) is 0.647. The van der Waals surface area contributed by atoms with Crippen LogP contribution >= 0.6 is 0 Å². The largest absolute Gasteiger partial charge is 0.455 e. The number of hydrogen-bond acceptors (Lipinski definition) is 6. The van der Waals surface area contributed by atoms with Crippen LogP contribution in [-0.2, 0) is 29.1 Å². The molecule has 3 rings (SSSR count). The molecule has 32 heavy (non-hydrogen) atoms. The van der Waals surface area contributed by atoms with Crippen molar-refractivity contribution < 1.29 is 27.5 Å². The van der Waals surface area contributed by atoms with Crippen molar-refractivity contribution in [3.8, 4) is 0 Å². The summed E-state index contributed by atoms with van der Waals surface area (Å²) in [5.41, 5.74) is 0.574. The normalized spacial score (nSPS) is 22.8. The Hall–Kier alpha value is -1.97. The molecule has 1 heterocycles. The van der Waals surface area contributed by atoms with Crippen molar-refractivity contribution in [2.24, 2.45) is 17.3 Å². The van der Waals surface area contributed by atoms with E-state index >= 15 is 0 Å². The number of amides is 1. The van der Waals surface area contributed by atoms with E-state index in [1.165, 1.54) is 16.4 Å². The Kier molecular flexibility index (Phi) is 7.95. The summed E-state index contributed by atoms with van der Waals surface area (Å²) in [7, 11) is -3.66. The highest BCUT2D eigenvalue weighted by Crippen LogP contribution is 2.40. The van der Waals surface area contributed by atoms with Gasteiger partial charge in [0, 0.05) is 18.8 Å². The first-order chi connectivity index (χ1) is 15.1. The second-order valence-electron chi connectivity index (χ2n) is 9.61. The van der Waals surface area contributed by atoms with E-state index in [4.69, 9.17) is 9.47 Å². The minimum Gasteiger partial charge on any atom is -0.455 e. The molecular weight excluding hydrogens is 432 g/mol. The molecule has 1 aromatic rings. The summed E-state index contributed by atoms with van der Waals surface area (Å²) < 4.78 is 37.4. The summed E-state index contributed by atoms with van der Waals surface area (Å²) in [4.78, 5) is 24.8. The number of anilines is 1. The number of benzene rings is 1. The molecule has 1 saturated carbocycles. The maximum absolute atomic E-state index is 12.8. The number of sulfonamides is 1.